The van der Waals surface area contributed by atoms with Gasteiger partial charge in [0.15, 0.2) is 0 Å². The zero-order valence-electron chi connectivity index (χ0n) is 16.7. The van der Waals surface area contributed by atoms with Gasteiger partial charge in [-0.3, -0.25) is 9.59 Å². The maximum absolute atomic E-state index is 13.0. The Morgan fingerprint density at radius 2 is 1.38 bits per heavy atom. The minimum atomic E-state index is -0.124. The topological polar surface area (TPSA) is 66.0 Å². The van der Waals surface area contributed by atoms with Gasteiger partial charge in [0, 0.05) is 39.3 Å². The fourth-order valence-corrected chi connectivity index (χ4v) is 3.96. The molecule has 0 aliphatic carbocycles. The van der Waals surface area contributed by atoms with Crippen LogP contribution in [0, 0.1) is 0 Å². The van der Waals surface area contributed by atoms with E-state index in [0.717, 1.165) is 50.5 Å². The first-order valence-electron chi connectivity index (χ1n) is 10.1. The zero-order valence-corrected chi connectivity index (χ0v) is 16.7. The van der Waals surface area contributed by atoms with Crippen molar-refractivity contribution in [1.82, 2.24) is 14.8 Å². The van der Waals surface area contributed by atoms with Crippen molar-refractivity contribution < 1.29 is 14.3 Å². The maximum Gasteiger partial charge on any atom is 0.272 e. The van der Waals surface area contributed by atoms with Gasteiger partial charge in [0.05, 0.1) is 12.8 Å². The number of para-hydroxylation sites is 2. The molecule has 0 N–H and O–H groups in total. The van der Waals surface area contributed by atoms with Crippen LogP contribution in [0.2, 0.25) is 0 Å². The molecule has 2 aliphatic rings. The average molecular weight is 394 g/mol. The van der Waals surface area contributed by atoms with Crippen molar-refractivity contribution in [3.63, 3.8) is 0 Å². The third-order valence-electron chi connectivity index (χ3n) is 5.57. The number of aromatic nitrogens is 1. The van der Waals surface area contributed by atoms with Gasteiger partial charge in [-0.05, 0) is 37.1 Å². The van der Waals surface area contributed by atoms with E-state index in [0.29, 0.717) is 24.5 Å². The number of rotatable bonds is 4. The van der Waals surface area contributed by atoms with Crippen LogP contribution in [0.3, 0.4) is 0 Å². The van der Waals surface area contributed by atoms with Crippen LogP contribution in [0.15, 0.2) is 42.5 Å². The molecule has 2 aromatic rings. The van der Waals surface area contributed by atoms with Crippen molar-refractivity contribution >= 4 is 17.5 Å². The Hall–Kier alpha value is -3.09. The molecule has 3 heterocycles. The molecule has 7 heteroatoms. The van der Waals surface area contributed by atoms with E-state index >= 15 is 0 Å². The summed E-state index contributed by atoms with van der Waals surface area (Å²) < 4.78 is 5.45. The lowest BCUT2D eigenvalue weighted by atomic mass is 10.2. The van der Waals surface area contributed by atoms with Crippen LogP contribution in [-0.4, -0.2) is 73.0 Å². The number of benzene rings is 1. The average Bonchev–Trinajstić information content (AvgIpc) is 3.33. The molecule has 0 bridgehead atoms. The summed E-state index contributed by atoms with van der Waals surface area (Å²) in [5.41, 5.74) is 1.73. The number of nitrogens with zero attached hydrogens (tertiary/aromatic N) is 4. The van der Waals surface area contributed by atoms with Crippen LogP contribution in [0.1, 0.15) is 33.8 Å². The van der Waals surface area contributed by atoms with Gasteiger partial charge in [0.2, 0.25) is 0 Å². The third kappa shape index (κ3) is 4.04. The lowest BCUT2D eigenvalue weighted by Crippen LogP contribution is -2.49. The minimum absolute atomic E-state index is 0.0851. The number of piperazine rings is 1. The number of methoxy groups -OCH3 is 1. The monoisotopic (exact) mass is 394 g/mol. The predicted molar refractivity (Wildman–Crippen MR) is 110 cm³/mol. The molecule has 0 radical (unpaired) electrons. The maximum atomic E-state index is 13.0. The van der Waals surface area contributed by atoms with Gasteiger partial charge in [0.25, 0.3) is 11.8 Å². The fraction of sp³-hybridized carbons (Fsp3) is 0.409. The standard InChI is InChI=1S/C22H26N4O3/c1-29-20-10-3-2-9-19(20)24-13-15-26(16-14-24)22(28)18-8-6-7-17(23-18)21(27)25-11-4-5-12-25/h2-3,6-10H,4-5,11-16H2,1H3. The molecule has 4 rings (SSSR count). The molecule has 2 amide bonds. The summed E-state index contributed by atoms with van der Waals surface area (Å²) >= 11 is 0. The first-order valence-corrected chi connectivity index (χ1v) is 10.1. The summed E-state index contributed by atoms with van der Waals surface area (Å²) in [6, 6.07) is 13.0. The Bertz CT molecular complexity index is 887. The molecule has 0 unspecified atom stereocenters. The van der Waals surface area contributed by atoms with Gasteiger partial charge >= 0.3 is 0 Å². The molecule has 2 fully saturated rings. The van der Waals surface area contributed by atoms with Crippen LogP contribution in [-0.2, 0) is 0 Å². The van der Waals surface area contributed by atoms with Crippen molar-refractivity contribution in [1.29, 1.82) is 0 Å². The molecule has 0 spiro atoms. The van der Waals surface area contributed by atoms with Gasteiger partial charge in [-0.15, -0.1) is 0 Å². The van der Waals surface area contributed by atoms with Crippen LogP contribution < -0.4 is 9.64 Å². The molecular weight excluding hydrogens is 368 g/mol. The van der Waals surface area contributed by atoms with Gasteiger partial charge in [-0.1, -0.05) is 18.2 Å². The highest BCUT2D eigenvalue weighted by molar-refractivity contribution is 5.96. The van der Waals surface area contributed by atoms with Crippen molar-refractivity contribution in [2.24, 2.45) is 0 Å². The molecule has 152 valence electrons. The molecular formula is C22H26N4O3. The summed E-state index contributed by atoms with van der Waals surface area (Å²) in [5, 5.41) is 0. The molecule has 0 atom stereocenters. The van der Waals surface area contributed by atoms with Gasteiger partial charge in [0.1, 0.15) is 17.1 Å². The fourth-order valence-electron chi connectivity index (χ4n) is 3.96. The Labute approximate surface area is 170 Å². The number of carbonyl (C=O) groups excluding carboxylic acids is 2. The van der Waals surface area contributed by atoms with E-state index in [1.165, 1.54) is 0 Å². The summed E-state index contributed by atoms with van der Waals surface area (Å²) in [4.78, 5) is 35.8. The minimum Gasteiger partial charge on any atom is -0.495 e. The molecule has 2 aliphatic heterocycles. The summed E-state index contributed by atoms with van der Waals surface area (Å²) in [5.74, 6) is 0.626. The SMILES string of the molecule is COc1ccccc1N1CCN(C(=O)c2cccc(C(=O)N3CCCC3)n2)CC1. The van der Waals surface area contributed by atoms with E-state index in [1.54, 1.807) is 30.2 Å². The second kappa shape index (κ2) is 8.51. The van der Waals surface area contributed by atoms with E-state index < -0.39 is 0 Å². The van der Waals surface area contributed by atoms with Gasteiger partial charge in [-0.2, -0.15) is 0 Å². The van der Waals surface area contributed by atoms with Crippen LogP contribution in [0.5, 0.6) is 5.75 Å². The lowest BCUT2D eigenvalue weighted by Gasteiger charge is -2.36. The number of likely N-dealkylation sites (tertiary alicyclic amines) is 1. The predicted octanol–water partition coefficient (Wildman–Crippen LogP) is 2.29. The molecule has 0 saturated carbocycles. The number of amides is 2. The van der Waals surface area contributed by atoms with Crippen LogP contribution >= 0.6 is 0 Å². The van der Waals surface area contributed by atoms with Crippen molar-refractivity contribution in [3.8, 4) is 5.75 Å². The van der Waals surface area contributed by atoms with Crippen LogP contribution in [0.4, 0.5) is 5.69 Å². The highest BCUT2D eigenvalue weighted by Gasteiger charge is 2.26. The second-order valence-electron chi connectivity index (χ2n) is 7.36. The largest absolute Gasteiger partial charge is 0.495 e. The molecule has 7 nitrogen and oxygen atoms in total. The Morgan fingerprint density at radius 1 is 0.793 bits per heavy atom. The number of hydrogen-bond donors (Lipinski definition) is 0. The van der Waals surface area contributed by atoms with Crippen molar-refractivity contribution in [2.45, 2.75) is 12.8 Å². The smallest absolute Gasteiger partial charge is 0.272 e. The number of ether oxygens (including phenoxy) is 1. The van der Waals surface area contributed by atoms with E-state index in [4.69, 9.17) is 4.74 Å². The quantitative estimate of drug-likeness (QED) is 0.796. The number of carbonyl (C=O) groups is 2. The third-order valence-corrected chi connectivity index (χ3v) is 5.57. The molecule has 1 aromatic carbocycles. The van der Waals surface area contributed by atoms with E-state index in [1.807, 2.05) is 29.2 Å². The first kappa shape index (κ1) is 19.2. The molecule has 2 saturated heterocycles. The van der Waals surface area contributed by atoms with Gasteiger partial charge < -0.3 is 19.4 Å². The van der Waals surface area contributed by atoms with Crippen molar-refractivity contribution in [2.75, 3.05) is 51.3 Å². The summed E-state index contributed by atoms with van der Waals surface area (Å²) in [6.45, 7) is 4.18. The molecule has 29 heavy (non-hydrogen) atoms. The molecule has 1 aromatic heterocycles. The zero-order chi connectivity index (χ0) is 20.2. The van der Waals surface area contributed by atoms with Crippen molar-refractivity contribution in [3.05, 3.63) is 53.9 Å². The summed E-state index contributed by atoms with van der Waals surface area (Å²) in [7, 11) is 1.67. The van der Waals surface area contributed by atoms with Crippen LogP contribution in [0.25, 0.3) is 0 Å². The number of anilines is 1. The van der Waals surface area contributed by atoms with Gasteiger partial charge in [-0.25, -0.2) is 4.98 Å². The highest BCUT2D eigenvalue weighted by Crippen LogP contribution is 2.28. The Morgan fingerprint density at radius 3 is 2.00 bits per heavy atom. The Balaban J connectivity index is 1.42. The van der Waals surface area contributed by atoms with E-state index in [2.05, 4.69) is 9.88 Å². The normalized spacial score (nSPS) is 16.8. The van der Waals surface area contributed by atoms with E-state index in [-0.39, 0.29) is 11.8 Å². The summed E-state index contributed by atoms with van der Waals surface area (Å²) in [6.07, 6.45) is 2.06. The number of pyridine rings is 1. The van der Waals surface area contributed by atoms with E-state index in [9.17, 15) is 9.59 Å². The first-order chi connectivity index (χ1) is 14.2. The Kier molecular flexibility index (Phi) is 5.64. The highest BCUT2D eigenvalue weighted by atomic mass is 16.5. The second-order valence-corrected chi connectivity index (χ2v) is 7.36. The number of hydrogen-bond acceptors (Lipinski definition) is 5. The lowest BCUT2D eigenvalue weighted by molar-refractivity contribution is 0.0739.